The lowest BCUT2D eigenvalue weighted by Gasteiger charge is -2.36. The number of hydrogen-bond donors (Lipinski definition) is 1. The number of nitrogens with zero attached hydrogens (tertiary/aromatic N) is 2. The number of hydrogen-bond acceptors (Lipinski definition) is 4. The summed E-state index contributed by atoms with van der Waals surface area (Å²) in [5.74, 6) is 1.13. The average Bonchev–Trinajstić information content (AvgIpc) is 2.38. The minimum atomic E-state index is 0.200. The van der Waals surface area contributed by atoms with E-state index in [1.807, 2.05) is 24.3 Å². The van der Waals surface area contributed by atoms with Gasteiger partial charge in [0.2, 0.25) is 0 Å². The second kappa shape index (κ2) is 4.70. The summed E-state index contributed by atoms with van der Waals surface area (Å²) in [7, 11) is 0. The fourth-order valence-corrected chi connectivity index (χ4v) is 2.66. The van der Waals surface area contributed by atoms with Crippen molar-refractivity contribution in [2.45, 2.75) is 26.1 Å². The van der Waals surface area contributed by atoms with E-state index in [2.05, 4.69) is 23.7 Å². The number of fused-ring (bicyclic) bond motifs is 1. The number of anilines is 1. The fraction of sp³-hybridized carbons (Fsp3) is 0.400. The van der Waals surface area contributed by atoms with Crippen molar-refractivity contribution in [2.24, 2.45) is 0 Å². The number of morpholine rings is 1. The quantitative estimate of drug-likeness (QED) is 0.854. The summed E-state index contributed by atoms with van der Waals surface area (Å²) in [6.45, 7) is 5.80. The zero-order valence-corrected chi connectivity index (χ0v) is 11.2. The maximum absolute atomic E-state index is 9.89. The normalized spacial score (nSPS) is 23.8. The summed E-state index contributed by atoms with van der Waals surface area (Å²) in [6, 6.07) is 9.46. The second-order valence-corrected chi connectivity index (χ2v) is 5.18. The molecule has 4 heteroatoms. The third-order valence-electron chi connectivity index (χ3n) is 3.43. The number of aromatic hydroxyl groups is 1. The van der Waals surface area contributed by atoms with Crippen molar-refractivity contribution in [3.8, 4) is 5.75 Å². The van der Waals surface area contributed by atoms with Crippen molar-refractivity contribution in [3.05, 3.63) is 30.3 Å². The van der Waals surface area contributed by atoms with E-state index < -0.39 is 0 Å². The van der Waals surface area contributed by atoms with Gasteiger partial charge in [0.15, 0.2) is 0 Å². The number of para-hydroxylation sites is 1. The Balaban J connectivity index is 1.98. The molecule has 1 N–H and O–H groups in total. The highest BCUT2D eigenvalue weighted by molar-refractivity contribution is 5.85. The Hall–Kier alpha value is -1.81. The average molecular weight is 258 g/mol. The van der Waals surface area contributed by atoms with E-state index in [1.165, 1.54) is 0 Å². The van der Waals surface area contributed by atoms with Crippen molar-refractivity contribution in [1.82, 2.24) is 4.98 Å². The summed E-state index contributed by atoms with van der Waals surface area (Å²) in [6.07, 6.45) is 0.399. The topological polar surface area (TPSA) is 45.6 Å². The molecule has 4 nitrogen and oxygen atoms in total. The van der Waals surface area contributed by atoms with Crippen LogP contribution in [0, 0.1) is 0 Å². The molecule has 0 radical (unpaired) electrons. The summed E-state index contributed by atoms with van der Waals surface area (Å²) in [5.41, 5.74) is 0.659. The Morgan fingerprint density at radius 2 is 1.89 bits per heavy atom. The number of phenolic OH excluding ortho intramolecular Hbond substituents is 1. The fourth-order valence-electron chi connectivity index (χ4n) is 2.66. The number of rotatable bonds is 1. The molecule has 1 aromatic heterocycles. The molecule has 1 aliphatic rings. The van der Waals surface area contributed by atoms with Gasteiger partial charge in [-0.2, -0.15) is 0 Å². The second-order valence-electron chi connectivity index (χ2n) is 5.18. The standard InChI is InChI=1S/C15H18N2O2/c1-10-8-17(9-11(2)19-10)14-7-6-12-4-3-5-13(18)15(12)16-14/h3-7,10-11,18H,8-9H2,1-2H3/t10-,11-/m0/s1. The molecule has 0 bridgehead atoms. The molecule has 2 aromatic rings. The van der Waals surface area contributed by atoms with Crippen molar-refractivity contribution in [3.63, 3.8) is 0 Å². The number of phenols is 1. The molecule has 1 aromatic carbocycles. The van der Waals surface area contributed by atoms with Crippen molar-refractivity contribution in [2.75, 3.05) is 18.0 Å². The molecule has 100 valence electrons. The highest BCUT2D eigenvalue weighted by atomic mass is 16.5. The molecule has 1 fully saturated rings. The Labute approximate surface area is 112 Å². The summed E-state index contributed by atoms with van der Waals surface area (Å²) < 4.78 is 5.73. The van der Waals surface area contributed by atoms with Gasteiger partial charge in [-0.25, -0.2) is 4.98 Å². The van der Waals surface area contributed by atoms with Crippen LogP contribution in [0.1, 0.15) is 13.8 Å². The number of pyridine rings is 1. The Bertz CT molecular complexity index is 590. The lowest BCUT2D eigenvalue weighted by molar-refractivity contribution is -0.00544. The van der Waals surface area contributed by atoms with E-state index in [1.54, 1.807) is 6.07 Å². The van der Waals surface area contributed by atoms with E-state index >= 15 is 0 Å². The smallest absolute Gasteiger partial charge is 0.141 e. The maximum atomic E-state index is 9.89. The largest absolute Gasteiger partial charge is 0.506 e. The molecule has 2 atom stereocenters. The van der Waals surface area contributed by atoms with E-state index in [0.29, 0.717) is 5.52 Å². The van der Waals surface area contributed by atoms with Crippen LogP contribution in [0.4, 0.5) is 5.82 Å². The maximum Gasteiger partial charge on any atom is 0.141 e. The molecule has 19 heavy (non-hydrogen) atoms. The molecule has 2 heterocycles. The molecule has 0 amide bonds. The zero-order chi connectivity index (χ0) is 13.4. The Morgan fingerprint density at radius 3 is 2.63 bits per heavy atom. The van der Waals surface area contributed by atoms with Gasteiger partial charge in [-0.3, -0.25) is 0 Å². The van der Waals surface area contributed by atoms with Gasteiger partial charge in [0.1, 0.15) is 17.1 Å². The van der Waals surface area contributed by atoms with Crippen molar-refractivity contribution >= 4 is 16.7 Å². The van der Waals surface area contributed by atoms with E-state index in [-0.39, 0.29) is 18.0 Å². The molecule has 0 spiro atoms. The van der Waals surface area contributed by atoms with Crippen LogP contribution in [0.5, 0.6) is 5.75 Å². The zero-order valence-electron chi connectivity index (χ0n) is 11.2. The molecule has 3 rings (SSSR count). The van der Waals surface area contributed by atoms with Crippen molar-refractivity contribution in [1.29, 1.82) is 0 Å². The summed E-state index contributed by atoms with van der Waals surface area (Å²) >= 11 is 0. The Kier molecular flexibility index (Phi) is 3.03. The van der Waals surface area contributed by atoms with Crippen LogP contribution in [0.2, 0.25) is 0 Å². The predicted octanol–water partition coefficient (Wildman–Crippen LogP) is 2.55. The van der Waals surface area contributed by atoms with Crippen LogP contribution in [0.3, 0.4) is 0 Å². The van der Waals surface area contributed by atoms with E-state index in [9.17, 15) is 5.11 Å². The van der Waals surface area contributed by atoms with Gasteiger partial charge < -0.3 is 14.7 Å². The molecule has 0 aliphatic carbocycles. The first-order valence-electron chi connectivity index (χ1n) is 6.62. The van der Waals surface area contributed by atoms with Crippen LogP contribution in [-0.4, -0.2) is 35.4 Å². The molecule has 0 saturated carbocycles. The minimum absolute atomic E-state index is 0.200. The van der Waals surface area contributed by atoms with Gasteiger partial charge in [-0.05, 0) is 32.0 Å². The minimum Gasteiger partial charge on any atom is -0.506 e. The van der Waals surface area contributed by atoms with E-state index in [4.69, 9.17) is 4.74 Å². The predicted molar refractivity (Wildman–Crippen MR) is 75.6 cm³/mol. The summed E-state index contributed by atoms with van der Waals surface area (Å²) in [4.78, 5) is 6.80. The molecular weight excluding hydrogens is 240 g/mol. The third-order valence-corrected chi connectivity index (χ3v) is 3.43. The Morgan fingerprint density at radius 1 is 1.16 bits per heavy atom. The molecule has 1 aliphatic heterocycles. The highest BCUT2D eigenvalue weighted by Gasteiger charge is 2.23. The molecular formula is C15H18N2O2. The van der Waals surface area contributed by atoms with Crippen LogP contribution in [0.15, 0.2) is 30.3 Å². The lowest BCUT2D eigenvalue weighted by Crippen LogP contribution is -2.45. The first kappa shape index (κ1) is 12.2. The SMILES string of the molecule is C[C@H]1CN(c2ccc3cccc(O)c3n2)C[C@H](C)O1. The molecule has 1 saturated heterocycles. The van der Waals surface area contributed by atoms with Gasteiger partial charge in [0, 0.05) is 18.5 Å². The first-order chi connectivity index (χ1) is 9.13. The van der Waals surface area contributed by atoms with Gasteiger partial charge in [0.05, 0.1) is 12.2 Å². The van der Waals surface area contributed by atoms with Gasteiger partial charge in [-0.15, -0.1) is 0 Å². The van der Waals surface area contributed by atoms with E-state index in [0.717, 1.165) is 24.3 Å². The monoisotopic (exact) mass is 258 g/mol. The third kappa shape index (κ3) is 2.36. The number of benzene rings is 1. The van der Waals surface area contributed by atoms with Crippen LogP contribution >= 0.6 is 0 Å². The first-order valence-corrected chi connectivity index (χ1v) is 6.62. The van der Waals surface area contributed by atoms with Gasteiger partial charge in [0.25, 0.3) is 0 Å². The van der Waals surface area contributed by atoms with Crippen LogP contribution in [-0.2, 0) is 4.74 Å². The number of aromatic nitrogens is 1. The van der Waals surface area contributed by atoms with Gasteiger partial charge >= 0.3 is 0 Å². The van der Waals surface area contributed by atoms with Crippen LogP contribution < -0.4 is 4.90 Å². The lowest BCUT2D eigenvalue weighted by atomic mass is 10.2. The van der Waals surface area contributed by atoms with Crippen LogP contribution in [0.25, 0.3) is 10.9 Å². The summed E-state index contributed by atoms with van der Waals surface area (Å²) in [5, 5.41) is 10.8. The highest BCUT2D eigenvalue weighted by Crippen LogP contribution is 2.26. The molecule has 0 unspecified atom stereocenters. The van der Waals surface area contributed by atoms with Crippen molar-refractivity contribution < 1.29 is 9.84 Å². The van der Waals surface area contributed by atoms with Gasteiger partial charge in [-0.1, -0.05) is 12.1 Å². The number of ether oxygens (including phenoxy) is 1.